The molecule has 1 unspecified atom stereocenters. The number of methoxy groups -OCH3 is 1. The maximum Gasteiger partial charge on any atom is 0.321 e. The molecule has 156 valence electrons. The number of carbonyl (C=O) groups excluding carboxylic acids is 1. The molecule has 8 heteroatoms. The quantitative estimate of drug-likeness (QED) is 0.645. The van der Waals surface area contributed by atoms with E-state index in [1.165, 1.54) is 0 Å². The lowest BCUT2D eigenvalue weighted by Gasteiger charge is -2.25. The summed E-state index contributed by atoms with van der Waals surface area (Å²) in [6.45, 7) is 2.03. The summed E-state index contributed by atoms with van der Waals surface area (Å²) in [5, 5.41) is 15.1. The molecule has 0 radical (unpaired) electrons. The zero-order valence-corrected chi connectivity index (χ0v) is 17.4. The van der Waals surface area contributed by atoms with E-state index in [2.05, 4.69) is 20.8 Å². The molecule has 1 saturated carbocycles. The molecule has 1 N–H and O–H groups in total. The molecule has 1 aliphatic carbocycles. The number of amides is 2. The Balaban J connectivity index is 1.40. The average Bonchev–Trinajstić information content (AvgIpc) is 3.49. The Labute approximate surface area is 175 Å². The number of hydrogen-bond acceptors (Lipinski definition) is 5. The van der Waals surface area contributed by atoms with Gasteiger partial charge in [0.05, 0.1) is 13.2 Å². The van der Waals surface area contributed by atoms with Crippen LogP contribution in [0.4, 0.5) is 10.5 Å². The maximum absolute atomic E-state index is 12.8. The first-order valence-corrected chi connectivity index (χ1v) is 10.1. The minimum atomic E-state index is -0.157. The number of rotatable bonds is 7. The van der Waals surface area contributed by atoms with Crippen LogP contribution in [0.15, 0.2) is 48.5 Å². The summed E-state index contributed by atoms with van der Waals surface area (Å²) in [6, 6.07) is 15.8. The van der Waals surface area contributed by atoms with Crippen LogP contribution < -0.4 is 10.1 Å². The van der Waals surface area contributed by atoms with E-state index in [4.69, 9.17) is 4.74 Å². The van der Waals surface area contributed by atoms with Crippen LogP contribution in [0.2, 0.25) is 0 Å². The highest BCUT2D eigenvalue weighted by Crippen LogP contribution is 2.36. The summed E-state index contributed by atoms with van der Waals surface area (Å²) in [5.74, 6) is 1.56. The van der Waals surface area contributed by atoms with Crippen LogP contribution >= 0.6 is 0 Å². The zero-order chi connectivity index (χ0) is 21.1. The smallest absolute Gasteiger partial charge is 0.321 e. The van der Waals surface area contributed by atoms with Crippen molar-refractivity contribution in [2.24, 2.45) is 0 Å². The number of likely N-dealkylation sites (N-methyl/N-ethyl adjacent to an activating group) is 1. The standard InChI is InChI=1S/C22H26N6O2/c1-15(13-16-7-11-20(30-3)12-8-16)27(2)22(29)23-18-6-4-5-17(14-18)21-24-25-26-28(21)19-9-10-19/h4-8,11-12,14-15,19H,9-10,13H2,1-3H3,(H,23,29). The van der Waals surface area contributed by atoms with Crippen LogP contribution in [0.1, 0.15) is 31.4 Å². The van der Waals surface area contributed by atoms with E-state index in [-0.39, 0.29) is 12.1 Å². The predicted molar refractivity (Wildman–Crippen MR) is 114 cm³/mol. The van der Waals surface area contributed by atoms with Crippen molar-refractivity contribution in [3.8, 4) is 17.1 Å². The molecule has 1 atom stereocenters. The lowest BCUT2D eigenvalue weighted by atomic mass is 10.1. The van der Waals surface area contributed by atoms with E-state index in [0.717, 1.165) is 42.0 Å². The Morgan fingerprint density at radius 1 is 1.27 bits per heavy atom. The van der Waals surface area contributed by atoms with Gasteiger partial charge in [0.1, 0.15) is 5.75 Å². The van der Waals surface area contributed by atoms with E-state index in [0.29, 0.717) is 11.7 Å². The molecule has 0 saturated heterocycles. The number of ether oxygens (including phenoxy) is 1. The molecule has 1 aromatic heterocycles. The van der Waals surface area contributed by atoms with Crippen LogP contribution in [0.5, 0.6) is 5.75 Å². The van der Waals surface area contributed by atoms with Gasteiger partial charge in [-0.25, -0.2) is 9.48 Å². The molecule has 1 fully saturated rings. The molecule has 1 aliphatic rings. The first-order chi connectivity index (χ1) is 14.5. The summed E-state index contributed by atoms with van der Waals surface area (Å²) < 4.78 is 7.06. The molecule has 2 aromatic carbocycles. The normalized spacial score (nSPS) is 14.2. The van der Waals surface area contributed by atoms with Crippen LogP contribution in [0.3, 0.4) is 0 Å². The Morgan fingerprint density at radius 2 is 2.03 bits per heavy atom. The lowest BCUT2D eigenvalue weighted by Crippen LogP contribution is -2.39. The molecule has 4 rings (SSSR count). The average molecular weight is 406 g/mol. The summed E-state index contributed by atoms with van der Waals surface area (Å²) >= 11 is 0. The third-order valence-corrected chi connectivity index (χ3v) is 5.43. The van der Waals surface area contributed by atoms with Crippen molar-refractivity contribution in [1.82, 2.24) is 25.1 Å². The van der Waals surface area contributed by atoms with E-state index < -0.39 is 0 Å². The summed E-state index contributed by atoms with van der Waals surface area (Å²) in [6.07, 6.45) is 2.96. The number of carbonyl (C=O) groups is 1. The minimum absolute atomic E-state index is 0.0312. The van der Waals surface area contributed by atoms with Crippen molar-refractivity contribution in [2.75, 3.05) is 19.5 Å². The van der Waals surface area contributed by atoms with Gasteiger partial charge in [0.15, 0.2) is 5.82 Å². The van der Waals surface area contributed by atoms with Gasteiger partial charge in [0, 0.05) is 24.3 Å². The maximum atomic E-state index is 12.8. The van der Waals surface area contributed by atoms with Gasteiger partial charge in [-0.3, -0.25) is 0 Å². The van der Waals surface area contributed by atoms with E-state index in [1.54, 1.807) is 19.1 Å². The fourth-order valence-corrected chi connectivity index (χ4v) is 3.34. The summed E-state index contributed by atoms with van der Waals surface area (Å²) in [5.41, 5.74) is 2.75. The Morgan fingerprint density at radius 3 is 2.73 bits per heavy atom. The Kier molecular flexibility index (Phi) is 5.65. The number of aromatic nitrogens is 4. The third-order valence-electron chi connectivity index (χ3n) is 5.43. The molecule has 3 aromatic rings. The van der Waals surface area contributed by atoms with Crippen molar-refractivity contribution in [2.45, 2.75) is 38.3 Å². The van der Waals surface area contributed by atoms with Gasteiger partial charge >= 0.3 is 6.03 Å². The van der Waals surface area contributed by atoms with Crippen LogP contribution in [-0.2, 0) is 6.42 Å². The van der Waals surface area contributed by atoms with Crippen LogP contribution in [0, 0.1) is 0 Å². The highest BCUT2D eigenvalue weighted by molar-refractivity contribution is 5.90. The van der Waals surface area contributed by atoms with E-state index >= 15 is 0 Å². The van der Waals surface area contributed by atoms with Gasteiger partial charge in [0.2, 0.25) is 0 Å². The largest absolute Gasteiger partial charge is 0.497 e. The second-order valence-corrected chi connectivity index (χ2v) is 7.70. The first-order valence-electron chi connectivity index (χ1n) is 10.1. The molecule has 0 bridgehead atoms. The van der Waals surface area contributed by atoms with Gasteiger partial charge in [-0.2, -0.15) is 0 Å². The number of anilines is 1. The fraction of sp³-hybridized carbons (Fsp3) is 0.364. The molecule has 2 amide bonds. The molecule has 0 aliphatic heterocycles. The first kappa shape index (κ1) is 19.9. The van der Waals surface area contributed by atoms with Crippen molar-refractivity contribution >= 4 is 11.7 Å². The topological polar surface area (TPSA) is 85.2 Å². The number of benzene rings is 2. The second kappa shape index (κ2) is 8.52. The van der Waals surface area contributed by atoms with Crippen molar-refractivity contribution in [1.29, 1.82) is 0 Å². The number of nitrogens with zero attached hydrogens (tertiary/aromatic N) is 5. The molecule has 0 spiro atoms. The molecular formula is C22H26N6O2. The van der Waals surface area contributed by atoms with Crippen LogP contribution in [-0.4, -0.2) is 51.3 Å². The Bertz CT molecular complexity index is 1010. The van der Waals surface area contributed by atoms with Crippen molar-refractivity contribution in [3.05, 3.63) is 54.1 Å². The summed E-state index contributed by atoms with van der Waals surface area (Å²) in [7, 11) is 3.46. The summed E-state index contributed by atoms with van der Waals surface area (Å²) in [4.78, 5) is 14.5. The molecule has 1 heterocycles. The van der Waals surface area contributed by atoms with Gasteiger partial charge in [0.25, 0.3) is 0 Å². The van der Waals surface area contributed by atoms with Gasteiger partial charge < -0.3 is 15.0 Å². The lowest BCUT2D eigenvalue weighted by molar-refractivity contribution is 0.207. The van der Waals surface area contributed by atoms with E-state index in [1.807, 2.05) is 60.1 Å². The van der Waals surface area contributed by atoms with Crippen molar-refractivity contribution in [3.63, 3.8) is 0 Å². The van der Waals surface area contributed by atoms with Gasteiger partial charge in [-0.05, 0) is 66.4 Å². The van der Waals surface area contributed by atoms with E-state index in [9.17, 15) is 4.79 Å². The second-order valence-electron chi connectivity index (χ2n) is 7.70. The number of nitrogens with one attached hydrogen (secondary N) is 1. The third kappa shape index (κ3) is 4.42. The zero-order valence-electron chi connectivity index (χ0n) is 17.4. The van der Waals surface area contributed by atoms with Gasteiger partial charge in [-0.15, -0.1) is 5.10 Å². The number of hydrogen-bond donors (Lipinski definition) is 1. The van der Waals surface area contributed by atoms with Gasteiger partial charge in [-0.1, -0.05) is 24.3 Å². The molecule has 8 nitrogen and oxygen atoms in total. The Hall–Kier alpha value is -3.42. The number of urea groups is 1. The van der Waals surface area contributed by atoms with Crippen molar-refractivity contribution < 1.29 is 9.53 Å². The minimum Gasteiger partial charge on any atom is -0.497 e. The predicted octanol–water partition coefficient (Wildman–Crippen LogP) is 3.78. The monoisotopic (exact) mass is 406 g/mol. The highest BCUT2D eigenvalue weighted by atomic mass is 16.5. The molecular weight excluding hydrogens is 380 g/mol. The highest BCUT2D eigenvalue weighted by Gasteiger charge is 2.28. The number of tetrazole rings is 1. The van der Waals surface area contributed by atoms with Crippen LogP contribution in [0.25, 0.3) is 11.4 Å². The fourth-order valence-electron chi connectivity index (χ4n) is 3.34. The SMILES string of the molecule is COc1ccc(CC(C)N(C)C(=O)Nc2cccc(-c3nnnn3C3CC3)c2)cc1. The molecule has 30 heavy (non-hydrogen) atoms.